The van der Waals surface area contributed by atoms with Gasteiger partial charge in [-0.15, -0.1) is 0 Å². The van der Waals surface area contributed by atoms with E-state index >= 15 is 0 Å². The molecule has 1 aromatic rings. The topological polar surface area (TPSA) is 55.4 Å². The van der Waals surface area contributed by atoms with Gasteiger partial charge in [-0.3, -0.25) is 4.79 Å². The van der Waals surface area contributed by atoms with Gasteiger partial charge in [0.15, 0.2) is 0 Å². The number of esters is 1. The van der Waals surface area contributed by atoms with Crippen LogP contribution in [0.2, 0.25) is 0 Å². The Morgan fingerprint density at radius 3 is 2.17 bits per heavy atom. The predicted octanol–water partition coefficient (Wildman–Crippen LogP) is 2.95. The van der Waals surface area contributed by atoms with Crippen molar-refractivity contribution in [3.63, 3.8) is 0 Å². The van der Waals surface area contributed by atoms with Gasteiger partial charge in [-0.05, 0) is 30.0 Å². The van der Waals surface area contributed by atoms with Crippen LogP contribution in [0.1, 0.15) is 31.4 Å². The fourth-order valence-electron chi connectivity index (χ4n) is 2.07. The molecule has 1 amide bonds. The van der Waals surface area contributed by atoms with E-state index in [1.807, 2.05) is 13.8 Å². The maximum Gasteiger partial charge on any atom is 0.416 e. The van der Waals surface area contributed by atoms with Gasteiger partial charge in [0, 0.05) is 0 Å². The van der Waals surface area contributed by atoms with Crippen molar-refractivity contribution in [3.05, 3.63) is 35.4 Å². The first-order valence-electron chi connectivity index (χ1n) is 7.16. The molecule has 0 aliphatic heterocycles. The number of alkyl halides is 3. The number of carbonyl (C=O) groups is 2. The lowest BCUT2D eigenvalue weighted by Gasteiger charge is -2.18. The maximum absolute atomic E-state index is 12.5. The van der Waals surface area contributed by atoms with Gasteiger partial charge in [-0.25, -0.2) is 4.79 Å². The molecule has 1 N–H and O–H groups in total. The number of hydrogen-bond acceptors (Lipinski definition) is 3. The lowest BCUT2D eigenvalue weighted by Crippen LogP contribution is -2.43. The maximum atomic E-state index is 12.5. The molecule has 0 aliphatic carbocycles. The Morgan fingerprint density at radius 1 is 1.17 bits per heavy atom. The number of amides is 1. The van der Waals surface area contributed by atoms with Crippen molar-refractivity contribution < 1.29 is 27.5 Å². The molecule has 1 rings (SSSR count). The summed E-state index contributed by atoms with van der Waals surface area (Å²) in [7, 11) is 1.23. The van der Waals surface area contributed by atoms with Crippen LogP contribution in [0.4, 0.5) is 13.2 Å². The predicted molar refractivity (Wildman–Crippen MR) is 78.5 cm³/mol. The average Bonchev–Trinajstić information content (AvgIpc) is 2.44. The van der Waals surface area contributed by atoms with E-state index in [9.17, 15) is 22.8 Å². The molecule has 0 saturated heterocycles. The van der Waals surface area contributed by atoms with E-state index in [1.54, 1.807) is 0 Å². The molecule has 4 nitrogen and oxygen atoms in total. The third-order valence-electron chi connectivity index (χ3n) is 3.17. The number of benzene rings is 1. The van der Waals surface area contributed by atoms with Crippen molar-refractivity contribution in [2.45, 2.75) is 38.9 Å². The van der Waals surface area contributed by atoms with Gasteiger partial charge in [0.1, 0.15) is 6.04 Å². The molecule has 1 aromatic carbocycles. The van der Waals surface area contributed by atoms with Crippen molar-refractivity contribution in [1.29, 1.82) is 0 Å². The van der Waals surface area contributed by atoms with E-state index in [2.05, 4.69) is 10.1 Å². The minimum atomic E-state index is -4.41. The second-order valence-electron chi connectivity index (χ2n) is 5.64. The van der Waals surface area contributed by atoms with E-state index in [-0.39, 0.29) is 12.3 Å². The van der Waals surface area contributed by atoms with Gasteiger partial charge in [-0.1, -0.05) is 26.0 Å². The molecule has 0 bridgehead atoms. The SMILES string of the molecule is COC(=O)[C@H](CC(C)C)NC(=O)Cc1ccc(C(F)(F)F)cc1. The van der Waals surface area contributed by atoms with E-state index in [4.69, 9.17) is 0 Å². The summed E-state index contributed by atoms with van der Waals surface area (Å²) in [6, 6.07) is 3.58. The number of rotatable bonds is 6. The molecule has 1 atom stereocenters. The normalized spacial score (nSPS) is 12.8. The number of halogens is 3. The molecule has 0 unspecified atom stereocenters. The van der Waals surface area contributed by atoms with Crippen LogP contribution in [0, 0.1) is 5.92 Å². The van der Waals surface area contributed by atoms with Crippen LogP contribution in [0.3, 0.4) is 0 Å². The Labute approximate surface area is 133 Å². The summed E-state index contributed by atoms with van der Waals surface area (Å²) in [5, 5.41) is 2.56. The first-order valence-corrected chi connectivity index (χ1v) is 7.16. The monoisotopic (exact) mass is 331 g/mol. The Hall–Kier alpha value is -2.05. The summed E-state index contributed by atoms with van der Waals surface area (Å²) in [6.45, 7) is 3.80. The molecular weight excluding hydrogens is 311 g/mol. The van der Waals surface area contributed by atoms with Gasteiger partial charge < -0.3 is 10.1 Å². The van der Waals surface area contributed by atoms with Gasteiger partial charge >= 0.3 is 12.1 Å². The fraction of sp³-hybridized carbons (Fsp3) is 0.500. The number of carbonyl (C=O) groups excluding carboxylic acids is 2. The minimum absolute atomic E-state index is 0.107. The lowest BCUT2D eigenvalue weighted by molar-refractivity contribution is -0.145. The third-order valence-corrected chi connectivity index (χ3v) is 3.17. The lowest BCUT2D eigenvalue weighted by atomic mass is 10.0. The van der Waals surface area contributed by atoms with Crippen molar-refractivity contribution in [2.24, 2.45) is 5.92 Å². The average molecular weight is 331 g/mol. The summed E-state index contributed by atoms with van der Waals surface area (Å²) < 4.78 is 42.1. The van der Waals surface area contributed by atoms with Gasteiger partial charge in [-0.2, -0.15) is 13.2 Å². The standard InChI is InChI=1S/C16H20F3NO3/c1-10(2)8-13(15(22)23-3)20-14(21)9-11-4-6-12(7-5-11)16(17,18)19/h4-7,10,13H,8-9H2,1-3H3,(H,20,21)/t13-/m0/s1. The highest BCUT2D eigenvalue weighted by Crippen LogP contribution is 2.29. The highest BCUT2D eigenvalue weighted by molar-refractivity contribution is 5.85. The first kappa shape index (κ1) is 19.0. The summed E-state index contributed by atoms with van der Waals surface area (Å²) in [5.41, 5.74) is -0.336. The molecule has 128 valence electrons. The van der Waals surface area contributed by atoms with Crippen molar-refractivity contribution >= 4 is 11.9 Å². The second-order valence-corrected chi connectivity index (χ2v) is 5.64. The zero-order chi connectivity index (χ0) is 17.6. The summed E-state index contributed by atoms with van der Waals surface area (Å²) in [5.74, 6) is -0.814. The van der Waals surface area contributed by atoms with Crippen LogP contribution in [-0.4, -0.2) is 25.0 Å². The molecule has 0 fully saturated rings. The molecule has 0 radical (unpaired) electrons. The largest absolute Gasteiger partial charge is 0.467 e. The number of nitrogens with one attached hydrogen (secondary N) is 1. The van der Waals surface area contributed by atoms with E-state index < -0.39 is 29.7 Å². The molecule has 0 saturated carbocycles. The molecule has 7 heteroatoms. The highest BCUT2D eigenvalue weighted by atomic mass is 19.4. The molecule has 0 heterocycles. The Kier molecular flexibility index (Phi) is 6.60. The van der Waals surface area contributed by atoms with Crippen molar-refractivity contribution in [2.75, 3.05) is 7.11 Å². The van der Waals surface area contributed by atoms with Crippen LogP contribution >= 0.6 is 0 Å². The highest BCUT2D eigenvalue weighted by Gasteiger charge is 2.30. The smallest absolute Gasteiger partial charge is 0.416 e. The van der Waals surface area contributed by atoms with Gasteiger partial charge in [0.25, 0.3) is 0 Å². The van der Waals surface area contributed by atoms with Crippen LogP contribution in [0.15, 0.2) is 24.3 Å². The van der Waals surface area contributed by atoms with E-state index in [0.29, 0.717) is 12.0 Å². The Morgan fingerprint density at radius 2 is 1.74 bits per heavy atom. The third kappa shape index (κ3) is 6.30. The second kappa shape index (κ2) is 7.99. The summed E-state index contributed by atoms with van der Waals surface area (Å²) in [4.78, 5) is 23.6. The van der Waals surface area contributed by atoms with Crippen LogP contribution in [0.25, 0.3) is 0 Å². The Bertz CT molecular complexity index is 538. The minimum Gasteiger partial charge on any atom is -0.467 e. The zero-order valence-electron chi connectivity index (χ0n) is 13.2. The number of methoxy groups -OCH3 is 1. The fourth-order valence-corrected chi connectivity index (χ4v) is 2.07. The van der Waals surface area contributed by atoms with Crippen LogP contribution in [0.5, 0.6) is 0 Å². The zero-order valence-corrected chi connectivity index (χ0v) is 13.2. The number of hydrogen-bond donors (Lipinski definition) is 1. The molecule has 0 aliphatic rings. The van der Waals surface area contributed by atoms with E-state index in [0.717, 1.165) is 12.1 Å². The van der Waals surface area contributed by atoms with Gasteiger partial charge in [0.2, 0.25) is 5.91 Å². The molecular formula is C16H20F3NO3. The number of ether oxygens (including phenoxy) is 1. The van der Waals surface area contributed by atoms with E-state index in [1.165, 1.54) is 19.2 Å². The van der Waals surface area contributed by atoms with Crippen LogP contribution < -0.4 is 5.32 Å². The first-order chi connectivity index (χ1) is 10.6. The molecule has 0 spiro atoms. The van der Waals surface area contributed by atoms with Gasteiger partial charge in [0.05, 0.1) is 19.1 Å². The Balaban J connectivity index is 2.69. The summed E-state index contributed by atoms with van der Waals surface area (Å²) in [6.07, 6.45) is -4.09. The molecule has 23 heavy (non-hydrogen) atoms. The van der Waals surface area contributed by atoms with Crippen molar-refractivity contribution in [3.8, 4) is 0 Å². The van der Waals surface area contributed by atoms with Crippen molar-refractivity contribution in [1.82, 2.24) is 5.32 Å². The summed E-state index contributed by atoms with van der Waals surface area (Å²) >= 11 is 0. The van der Waals surface area contributed by atoms with Crippen LogP contribution in [-0.2, 0) is 26.9 Å². The molecule has 0 aromatic heterocycles. The quantitative estimate of drug-likeness (QED) is 0.816.